The van der Waals surface area contributed by atoms with Gasteiger partial charge in [0.2, 0.25) is 5.91 Å². The summed E-state index contributed by atoms with van der Waals surface area (Å²) in [6, 6.07) is 11.2. The van der Waals surface area contributed by atoms with Gasteiger partial charge in [-0.25, -0.2) is 9.67 Å². The van der Waals surface area contributed by atoms with Gasteiger partial charge in [0.25, 0.3) is 0 Å². The molecule has 1 aromatic carbocycles. The maximum Gasteiger partial charge on any atom is 0.219 e. The molecule has 7 heteroatoms. The molecule has 2 atom stereocenters. The number of pyridine rings is 1. The molecular formula is C20H20IN5O. The molecule has 3 aromatic rings. The molecule has 2 saturated heterocycles. The van der Waals surface area contributed by atoms with Crippen molar-refractivity contribution in [3.63, 3.8) is 0 Å². The van der Waals surface area contributed by atoms with E-state index in [0.717, 1.165) is 40.2 Å². The fourth-order valence-electron chi connectivity index (χ4n) is 4.49. The van der Waals surface area contributed by atoms with E-state index in [1.807, 2.05) is 15.8 Å². The van der Waals surface area contributed by atoms with E-state index in [4.69, 9.17) is 10.1 Å². The van der Waals surface area contributed by atoms with Crippen LogP contribution in [0.15, 0.2) is 36.5 Å². The molecule has 0 N–H and O–H groups in total. The van der Waals surface area contributed by atoms with Crippen molar-refractivity contribution >= 4 is 45.2 Å². The Bertz CT molecular complexity index is 1040. The summed E-state index contributed by atoms with van der Waals surface area (Å²) < 4.78 is 2.98. The summed E-state index contributed by atoms with van der Waals surface area (Å²) in [5.41, 5.74) is 3.30. The predicted octanol–water partition coefficient (Wildman–Crippen LogP) is 3.14. The minimum absolute atomic E-state index is 0.181. The number of halogens is 1. The molecule has 1 amide bonds. The van der Waals surface area contributed by atoms with Crippen LogP contribution in [0.5, 0.6) is 0 Å². The lowest BCUT2D eigenvalue weighted by Gasteiger charge is -2.34. The van der Waals surface area contributed by atoms with E-state index in [2.05, 4.69) is 64.7 Å². The van der Waals surface area contributed by atoms with Gasteiger partial charge in [0.1, 0.15) is 9.52 Å². The summed E-state index contributed by atoms with van der Waals surface area (Å²) in [7, 11) is 0. The number of nitrogens with zero attached hydrogens (tertiary/aromatic N) is 5. The Balaban J connectivity index is 1.45. The molecule has 0 spiro atoms. The van der Waals surface area contributed by atoms with Gasteiger partial charge in [-0.05, 0) is 53.6 Å². The number of carbonyl (C=O) groups excluding carboxylic acids is 1. The minimum Gasteiger partial charge on any atom is -0.350 e. The van der Waals surface area contributed by atoms with E-state index in [9.17, 15) is 4.79 Å². The first-order valence-corrected chi connectivity index (χ1v) is 10.2. The lowest BCUT2D eigenvalue weighted by Crippen LogP contribution is -2.48. The number of hydrogen-bond donors (Lipinski definition) is 0. The van der Waals surface area contributed by atoms with Gasteiger partial charge in [-0.2, -0.15) is 5.10 Å². The third-order valence-electron chi connectivity index (χ3n) is 5.78. The lowest BCUT2D eigenvalue weighted by atomic mass is 10.2. The summed E-state index contributed by atoms with van der Waals surface area (Å²) in [5.74, 6) is 1.17. The third-order valence-corrected chi connectivity index (χ3v) is 6.57. The molecule has 0 saturated carbocycles. The molecule has 0 aliphatic carbocycles. The molecule has 2 aliphatic rings. The first-order chi connectivity index (χ1) is 13.0. The smallest absolute Gasteiger partial charge is 0.219 e. The van der Waals surface area contributed by atoms with E-state index in [1.165, 1.54) is 10.9 Å². The van der Waals surface area contributed by atoms with Gasteiger partial charge in [0.05, 0.1) is 29.5 Å². The average molecular weight is 473 g/mol. The number of likely N-dealkylation sites (tertiary alicyclic amines) is 1. The van der Waals surface area contributed by atoms with Crippen molar-refractivity contribution < 1.29 is 4.79 Å². The molecule has 27 heavy (non-hydrogen) atoms. The number of piperazine rings is 1. The van der Waals surface area contributed by atoms with Crippen molar-refractivity contribution in [2.75, 3.05) is 18.0 Å². The zero-order chi connectivity index (χ0) is 18.7. The van der Waals surface area contributed by atoms with E-state index in [1.54, 1.807) is 6.92 Å². The molecule has 2 fully saturated rings. The number of fused-ring (bicyclic) bond motifs is 3. The van der Waals surface area contributed by atoms with Crippen LogP contribution in [0.3, 0.4) is 0 Å². The molecule has 2 aliphatic heterocycles. The minimum atomic E-state index is 0.181. The molecule has 5 rings (SSSR count). The SMILES string of the molecule is CC(=O)N1C[C@@H]2C[C@H]1CN2c1ccc(-n2nc(I)c3cccc(C)c32)cn1. The number of benzene rings is 1. The van der Waals surface area contributed by atoms with Crippen LogP contribution in [0.4, 0.5) is 5.82 Å². The van der Waals surface area contributed by atoms with E-state index in [0.29, 0.717) is 12.1 Å². The van der Waals surface area contributed by atoms with E-state index < -0.39 is 0 Å². The number of rotatable bonds is 2. The maximum atomic E-state index is 11.7. The van der Waals surface area contributed by atoms with Crippen molar-refractivity contribution in [2.24, 2.45) is 0 Å². The van der Waals surface area contributed by atoms with Crippen molar-refractivity contribution in [1.82, 2.24) is 19.7 Å². The highest BCUT2D eigenvalue weighted by molar-refractivity contribution is 14.1. The van der Waals surface area contributed by atoms with Crippen LogP contribution >= 0.6 is 22.6 Å². The fourth-order valence-corrected chi connectivity index (χ4v) is 5.14. The zero-order valence-corrected chi connectivity index (χ0v) is 17.4. The summed E-state index contributed by atoms with van der Waals surface area (Å²) in [6.07, 6.45) is 2.95. The summed E-state index contributed by atoms with van der Waals surface area (Å²) in [4.78, 5) is 20.8. The van der Waals surface area contributed by atoms with Crippen LogP contribution in [0.1, 0.15) is 18.9 Å². The lowest BCUT2D eigenvalue weighted by molar-refractivity contribution is -0.129. The molecule has 4 heterocycles. The summed E-state index contributed by atoms with van der Waals surface area (Å²) >= 11 is 2.29. The summed E-state index contributed by atoms with van der Waals surface area (Å²) in [5, 5.41) is 5.89. The Kier molecular flexibility index (Phi) is 3.89. The van der Waals surface area contributed by atoms with Crippen molar-refractivity contribution in [3.8, 4) is 5.69 Å². The zero-order valence-electron chi connectivity index (χ0n) is 15.3. The van der Waals surface area contributed by atoms with Gasteiger partial charge in [0, 0.05) is 25.4 Å². The number of aryl methyl sites for hydroxylation is 1. The quantitative estimate of drug-likeness (QED) is 0.537. The van der Waals surface area contributed by atoms with Gasteiger partial charge in [-0.15, -0.1) is 0 Å². The maximum absolute atomic E-state index is 11.7. The average Bonchev–Trinajstić information content (AvgIpc) is 3.35. The van der Waals surface area contributed by atoms with Crippen LogP contribution in [0, 0.1) is 10.6 Å². The van der Waals surface area contributed by atoms with Crippen molar-refractivity contribution in [2.45, 2.75) is 32.4 Å². The Labute approximate surface area is 171 Å². The van der Waals surface area contributed by atoms with Gasteiger partial charge in [-0.1, -0.05) is 18.2 Å². The number of amides is 1. The van der Waals surface area contributed by atoms with Gasteiger partial charge >= 0.3 is 0 Å². The third kappa shape index (κ3) is 2.62. The highest BCUT2D eigenvalue weighted by Gasteiger charge is 2.44. The van der Waals surface area contributed by atoms with Gasteiger partial charge < -0.3 is 9.80 Å². The number of anilines is 1. The van der Waals surface area contributed by atoms with E-state index >= 15 is 0 Å². The number of hydrogen-bond acceptors (Lipinski definition) is 4. The topological polar surface area (TPSA) is 54.3 Å². The highest BCUT2D eigenvalue weighted by atomic mass is 127. The molecule has 138 valence electrons. The molecule has 0 radical (unpaired) electrons. The molecular weight excluding hydrogens is 453 g/mol. The second kappa shape index (κ2) is 6.19. The molecule has 6 nitrogen and oxygen atoms in total. The Morgan fingerprint density at radius 1 is 1.19 bits per heavy atom. The first kappa shape index (κ1) is 17.0. The van der Waals surface area contributed by atoms with Crippen molar-refractivity contribution in [1.29, 1.82) is 0 Å². The second-order valence-corrected chi connectivity index (χ2v) is 8.44. The standard InChI is InChI=1S/C20H20IN5O/c1-12-4-3-5-17-19(12)26(23-20(17)21)14-6-7-18(22-9-14)25-11-15-8-16(25)10-24(15)13(2)27/h3-7,9,15-16H,8,10-11H2,1-2H3/t15-,16-/m0/s1. The predicted molar refractivity (Wildman–Crippen MR) is 113 cm³/mol. The van der Waals surface area contributed by atoms with Crippen LogP contribution in [-0.4, -0.2) is 50.7 Å². The molecule has 2 bridgehead atoms. The number of aromatic nitrogens is 3. The Morgan fingerprint density at radius 3 is 2.70 bits per heavy atom. The van der Waals surface area contributed by atoms with Crippen LogP contribution in [0.25, 0.3) is 16.6 Å². The highest BCUT2D eigenvalue weighted by Crippen LogP contribution is 2.34. The van der Waals surface area contributed by atoms with E-state index in [-0.39, 0.29) is 5.91 Å². The first-order valence-electron chi connectivity index (χ1n) is 9.17. The van der Waals surface area contributed by atoms with Gasteiger partial charge in [0.15, 0.2) is 0 Å². The Morgan fingerprint density at radius 2 is 2.04 bits per heavy atom. The Hall–Kier alpha value is -2.16. The number of carbonyl (C=O) groups is 1. The van der Waals surface area contributed by atoms with Gasteiger partial charge in [-0.3, -0.25) is 4.79 Å². The van der Waals surface area contributed by atoms with Crippen LogP contribution in [0.2, 0.25) is 0 Å². The fraction of sp³-hybridized carbons (Fsp3) is 0.350. The number of para-hydroxylation sites is 1. The second-order valence-electron chi connectivity index (χ2n) is 7.42. The molecule has 2 aromatic heterocycles. The largest absolute Gasteiger partial charge is 0.350 e. The van der Waals surface area contributed by atoms with Crippen molar-refractivity contribution in [3.05, 3.63) is 45.8 Å². The summed E-state index contributed by atoms with van der Waals surface area (Å²) in [6.45, 7) is 5.46. The normalized spacial score (nSPS) is 21.4. The van der Waals surface area contributed by atoms with Crippen LogP contribution in [-0.2, 0) is 4.79 Å². The monoisotopic (exact) mass is 473 g/mol. The van der Waals surface area contributed by atoms with Crippen LogP contribution < -0.4 is 4.90 Å². The molecule has 0 unspecified atom stereocenters.